The van der Waals surface area contributed by atoms with E-state index in [9.17, 15) is 18.0 Å². The second-order valence-electron chi connectivity index (χ2n) is 4.27. The molecule has 0 saturated carbocycles. The zero-order chi connectivity index (χ0) is 16.3. The van der Waals surface area contributed by atoms with Crippen LogP contribution >= 0.6 is 11.6 Å². The van der Waals surface area contributed by atoms with Crippen molar-refractivity contribution in [2.75, 3.05) is 5.73 Å². The van der Waals surface area contributed by atoms with E-state index in [0.717, 1.165) is 6.07 Å². The predicted octanol–water partition coefficient (Wildman–Crippen LogP) is 2.66. The van der Waals surface area contributed by atoms with E-state index >= 15 is 0 Å². The SMILES string of the molecule is Nc1ccnc(CNC(=O)c2ccc(Cl)c(C(F)(F)F)c2)n1. The number of alkyl halides is 3. The molecule has 0 saturated heterocycles. The van der Waals surface area contributed by atoms with E-state index in [4.69, 9.17) is 17.3 Å². The Hall–Kier alpha value is -2.35. The Labute approximate surface area is 128 Å². The summed E-state index contributed by atoms with van der Waals surface area (Å²) >= 11 is 5.49. The number of hydrogen-bond acceptors (Lipinski definition) is 4. The number of carbonyl (C=O) groups excluding carboxylic acids is 1. The molecule has 0 atom stereocenters. The minimum Gasteiger partial charge on any atom is -0.384 e. The average Bonchev–Trinajstić information content (AvgIpc) is 2.44. The van der Waals surface area contributed by atoms with E-state index in [1.54, 1.807) is 0 Å². The van der Waals surface area contributed by atoms with Crippen LogP contribution in [0.5, 0.6) is 0 Å². The molecule has 1 aromatic heterocycles. The molecule has 0 aliphatic rings. The zero-order valence-electron chi connectivity index (χ0n) is 11.0. The molecule has 1 amide bonds. The Bertz CT molecular complexity index is 706. The summed E-state index contributed by atoms with van der Waals surface area (Å²) in [6, 6.07) is 4.39. The summed E-state index contributed by atoms with van der Waals surface area (Å²) in [4.78, 5) is 19.6. The van der Waals surface area contributed by atoms with Crippen molar-refractivity contribution in [2.45, 2.75) is 12.7 Å². The van der Waals surface area contributed by atoms with Crippen molar-refractivity contribution in [3.8, 4) is 0 Å². The topological polar surface area (TPSA) is 80.9 Å². The molecule has 2 rings (SSSR count). The highest BCUT2D eigenvalue weighted by atomic mass is 35.5. The number of carbonyl (C=O) groups is 1. The first kappa shape index (κ1) is 16.0. The fourth-order valence-corrected chi connectivity index (χ4v) is 1.87. The second kappa shape index (κ2) is 6.18. The molecule has 116 valence electrons. The van der Waals surface area contributed by atoms with Crippen molar-refractivity contribution in [2.24, 2.45) is 0 Å². The van der Waals surface area contributed by atoms with Crippen LogP contribution in [0, 0.1) is 0 Å². The third-order valence-corrected chi connectivity index (χ3v) is 3.00. The van der Waals surface area contributed by atoms with E-state index in [1.807, 2.05) is 0 Å². The fourth-order valence-electron chi connectivity index (χ4n) is 1.65. The summed E-state index contributed by atoms with van der Waals surface area (Å²) in [5, 5.41) is 1.94. The van der Waals surface area contributed by atoms with E-state index in [-0.39, 0.29) is 23.8 Å². The Balaban J connectivity index is 2.13. The quantitative estimate of drug-likeness (QED) is 0.906. The zero-order valence-corrected chi connectivity index (χ0v) is 11.7. The average molecular weight is 331 g/mol. The molecule has 0 aliphatic heterocycles. The van der Waals surface area contributed by atoms with Gasteiger partial charge in [-0.25, -0.2) is 9.97 Å². The van der Waals surface area contributed by atoms with Gasteiger partial charge in [0.25, 0.3) is 5.91 Å². The molecule has 0 fully saturated rings. The lowest BCUT2D eigenvalue weighted by Gasteiger charge is -2.11. The molecule has 2 aromatic rings. The minimum atomic E-state index is -4.63. The normalized spacial score (nSPS) is 11.3. The molecule has 1 aromatic carbocycles. The van der Waals surface area contributed by atoms with Crippen molar-refractivity contribution in [1.82, 2.24) is 15.3 Å². The summed E-state index contributed by atoms with van der Waals surface area (Å²) in [6.45, 7) is -0.0617. The Morgan fingerprint density at radius 3 is 2.68 bits per heavy atom. The second-order valence-corrected chi connectivity index (χ2v) is 4.68. The molecule has 0 bridgehead atoms. The number of nitrogens with two attached hydrogens (primary N) is 1. The van der Waals surface area contributed by atoms with Gasteiger partial charge in [-0.3, -0.25) is 4.79 Å². The van der Waals surface area contributed by atoms with Gasteiger partial charge in [0.15, 0.2) is 0 Å². The van der Waals surface area contributed by atoms with Gasteiger partial charge in [0, 0.05) is 11.8 Å². The Kier molecular flexibility index (Phi) is 4.51. The van der Waals surface area contributed by atoms with E-state index in [1.165, 1.54) is 18.3 Å². The molecule has 0 aliphatic carbocycles. The van der Waals surface area contributed by atoms with Gasteiger partial charge >= 0.3 is 6.18 Å². The van der Waals surface area contributed by atoms with Crippen LogP contribution in [0.15, 0.2) is 30.5 Å². The van der Waals surface area contributed by atoms with Crippen molar-refractivity contribution in [3.05, 3.63) is 52.4 Å². The smallest absolute Gasteiger partial charge is 0.384 e. The highest BCUT2D eigenvalue weighted by Gasteiger charge is 2.33. The van der Waals surface area contributed by atoms with Gasteiger partial charge in [-0.05, 0) is 24.3 Å². The van der Waals surface area contributed by atoms with E-state index < -0.39 is 22.7 Å². The molecule has 0 unspecified atom stereocenters. The van der Waals surface area contributed by atoms with Gasteiger partial charge in [0.2, 0.25) is 0 Å². The molecule has 9 heteroatoms. The van der Waals surface area contributed by atoms with E-state index in [2.05, 4.69) is 15.3 Å². The number of amides is 1. The summed E-state index contributed by atoms with van der Waals surface area (Å²) in [5.74, 6) is -0.225. The van der Waals surface area contributed by atoms with Gasteiger partial charge in [-0.1, -0.05) is 11.6 Å². The van der Waals surface area contributed by atoms with Crippen LogP contribution in [0.1, 0.15) is 21.7 Å². The lowest BCUT2D eigenvalue weighted by Crippen LogP contribution is -2.24. The summed E-state index contributed by atoms with van der Waals surface area (Å²) in [5.41, 5.74) is 4.22. The molecule has 0 spiro atoms. The molecule has 1 heterocycles. The first-order valence-electron chi connectivity index (χ1n) is 5.99. The number of rotatable bonds is 3. The number of nitrogens with one attached hydrogen (secondary N) is 1. The maximum atomic E-state index is 12.7. The van der Waals surface area contributed by atoms with Gasteiger partial charge in [0.1, 0.15) is 11.6 Å². The van der Waals surface area contributed by atoms with E-state index in [0.29, 0.717) is 6.07 Å². The van der Waals surface area contributed by atoms with Crippen molar-refractivity contribution < 1.29 is 18.0 Å². The van der Waals surface area contributed by atoms with Crippen LogP contribution in [0.25, 0.3) is 0 Å². The number of aromatic nitrogens is 2. The number of hydrogen-bond donors (Lipinski definition) is 2. The third-order valence-electron chi connectivity index (χ3n) is 2.67. The van der Waals surface area contributed by atoms with Gasteiger partial charge < -0.3 is 11.1 Å². The van der Waals surface area contributed by atoms with Crippen molar-refractivity contribution in [1.29, 1.82) is 0 Å². The summed E-state index contributed by atoms with van der Waals surface area (Å²) < 4.78 is 38.2. The first-order chi connectivity index (χ1) is 10.3. The molecular weight excluding hydrogens is 321 g/mol. The summed E-state index contributed by atoms with van der Waals surface area (Å²) in [6.07, 6.45) is -3.22. The monoisotopic (exact) mass is 330 g/mol. The number of nitrogen functional groups attached to an aromatic ring is 1. The molecule has 5 nitrogen and oxygen atoms in total. The van der Waals surface area contributed by atoms with Gasteiger partial charge in [-0.2, -0.15) is 13.2 Å². The van der Waals surface area contributed by atoms with Crippen molar-refractivity contribution in [3.63, 3.8) is 0 Å². The highest BCUT2D eigenvalue weighted by molar-refractivity contribution is 6.31. The van der Waals surface area contributed by atoms with Gasteiger partial charge in [-0.15, -0.1) is 0 Å². The standard InChI is InChI=1S/C13H10ClF3N4O/c14-9-2-1-7(5-8(9)13(15,16)17)12(22)20-6-11-19-4-3-10(18)21-11/h1-5H,6H2,(H,20,22)(H2,18,19,21). The first-order valence-corrected chi connectivity index (χ1v) is 6.37. The Morgan fingerprint density at radius 1 is 1.32 bits per heavy atom. The number of nitrogens with zero attached hydrogens (tertiary/aromatic N) is 2. The van der Waals surface area contributed by atoms with Crippen LogP contribution in [0.3, 0.4) is 0 Å². The van der Waals surface area contributed by atoms with Crippen LogP contribution in [-0.4, -0.2) is 15.9 Å². The molecular formula is C13H10ClF3N4O. The predicted molar refractivity (Wildman–Crippen MR) is 74.1 cm³/mol. The molecule has 3 N–H and O–H groups in total. The maximum Gasteiger partial charge on any atom is 0.417 e. The lowest BCUT2D eigenvalue weighted by molar-refractivity contribution is -0.137. The maximum absolute atomic E-state index is 12.7. The third kappa shape index (κ3) is 3.85. The van der Waals surface area contributed by atoms with Crippen LogP contribution < -0.4 is 11.1 Å². The van der Waals surface area contributed by atoms with Crippen LogP contribution in [0.4, 0.5) is 19.0 Å². The highest BCUT2D eigenvalue weighted by Crippen LogP contribution is 2.35. The van der Waals surface area contributed by atoms with Crippen molar-refractivity contribution >= 4 is 23.3 Å². The lowest BCUT2D eigenvalue weighted by atomic mass is 10.1. The minimum absolute atomic E-state index is 0.0617. The van der Waals surface area contributed by atoms with Crippen LogP contribution in [0.2, 0.25) is 5.02 Å². The summed E-state index contributed by atoms with van der Waals surface area (Å²) in [7, 11) is 0. The number of benzene rings is 1. The molecule has 0 radical (unpaired) electrons. The fraction of sp³-hybridized carbons (Fsp3) is 0.154. The largest absolute Gasteiger partial charge is 0.417 e. The van der Waals surface area contributed by atoms with Gasteiger partial charge in [0.05, 0.1) is 17.1 Å². The Morgan fingerprint density at radius 2 is 2.05 bits per heavy atom. The number of halogens is 4. The number of anilines is 1. The van der Waals surface area contributed by atoms with Crippen LogP contribution in [-0.2, 0) is 12.7 Å². The molecule has 22 heavy (non-hydrogen) atoms.